The van der Waals surface area contributed by atoms with E-state index in [1.54, 1.807) is 48.5 Å². The molecule has 1 heterocycles. The maximum atomic E-state index is 13.0. The van der Waals surface area contributed by atoms with Gasteiger partial charge in [0.1, 0.15) is 0 Å². The minimum atomic E-state index is -0.574. The number of nitro groups is 1. The number of hydrogen-bond acceptors (Lipinski definition) is 4. The molecule has 2 aromatic carbocycles. The number of rotatable bonds is 6. The van der Waals surface area contributed by atoms with Gasteiger partial charge in [-0.15, -0.1) is 0 Å². The number of nitrogens with one attached hydrogen (secondary N) is 1. The van der Waals surface area contributed by atoms with Crippen LogP contribution in [0.1, 0.15) is 5.56 Å². The van der Waals surface area contributed by atoms with Gasteiger partial charge >= 0.3 is 11.7 Å². The molecule has 9 heteroatoms. The van der Waals surface area contributed by atoms with Gasteiger partial charge in [0, 0.05) is 28.9 Å². The normalized spacial score (nSPS) is 10.4. The molecule has 0 aliphatic heterocycles. The first kappa shape index (κ1) is 20.6. The molecule has 0 fully saturated rings. The van der Waals surface area contributed by atoms with E-state index in [1.807, 2.05) is 0 Å². The largest absolute Gasteiger partial charge is 0.337 e. The fraction of sp³-hybridized carbons (Fsp3) is 0.100. The van der Waals surface area contributed by atoms with E-state index in [0.717, 1.165) is 0 Å². The van der Waals surface area contributed by atoms with Crippen LogP contribution < -0.4 is 10.2 Å². The van der Waals surface area contributed by atoms with Crippen molar-refractivity contribution in [3.8, 4) is 0 Å². The minimum absolute atomic E-state index is 0.0722. The Morgan fingerprint density at radius 1 is 1.03 bits per heavy atom. The molecular weight excluding hydrogens is 415 g/mol. The molecule has 0 bridgehead atoms. The van der Waals surface area contributed by atoms with Crippen LogP contribution in [-0.2, 0) is 6.42 Å². The van der Waals surface area contributed by atoms with Gasteiger partial charge in [0.05, 0.1) is 10.6 Å². The van der Waals surface area contributed by atoms with Crippen LogP contribution in [0.5, 0.6) is 0 Å². The van der Waals surface area contributed by atoms with E-state index in [2.05, 4.69) is 10.3 Å². The third-order valence-corrected chi connectivity index (χ3v) is 4.81. The molecule has 1 N–H and O–H groups in total. The number of halogens is 2. The lowest BCUT2D eigenvalue weighted by Crippen LogP contribution is -2.38. The molecule has 0 radical (unpaired) electrons. The highest BCUT2D eigenvalue weighted by molar-refractivity contribution is 6.36. The Balaban J connectivity index is 1.86. The number of para-hydroxylation sites is 1. The molecule has 148 valence electrons. The second kappa shape index (κ2) is 9.36. The van der Waals surface area contributed by atoms with E-state index in [1.165, 1.54) is 23.2 Å². The van der Waals surface area contributed by atoms with Crippen molar-refractivity contribution in [1.29, 1.82) is 0 Å². The molecule has 0 spiro atoms. The Morgan fingerprint density at radius 3 is 2.38 bits per heavy atom. The van der Waals surface area contributed by atoms with Gasteiger partial charge in [0.2, 0.25) is 5.82 Å². The number of benzene rings is 2. The molecule has 0 saturated carbocycles. The van der Waals surface area contributed by atoms with Crippen molar-refractivity contribution in [3.05, 3.63) is 92.6 Å². The van der Waals surface area contributed by atoms with Gasteiger partial charge < -0.3 is 5.32 Å². The molecule has 0 aliphatic rings. The molecule has 0 aliphatic carbocycles. The summed E-state index contributed by atoms with van der Waals surface area (Å²) in [6, 6.07) is 16.0. The summed E-state index contributed by atoms with van der Waals surface area (Å²) in [6.07, 6.45) is 1.80. The summed E-state index contributed by atoms with van der Waals surface area (Å²) < 4.78 is 0. The third kappa shape index (κ3) is 4.82. The van der Waals surface area contributed by atoms with Gasteiger partial charge in [-0.25, -0.2) is 14.7 Å². The molecule has 7 nitrogen and oxygen atoms in total. The molecule has 1 aromatic heterocycles. The Hall–Kier alpha value is -3.16. The summed E-state index contributed by atoms with van der Waals surface area (Å²) in [6.45, 7) is 0.228. The first-order valence-electron chi connectivity index (χ1n) is 8.64. The molecular formula is C20H16Cl2N4O3. The summed E-state index contributed by atoms with van der Waals surface area (Å²) in [5.41, 5.74) is 0.884. The van der Waals surface area contributed by atoms with Gasteiger partial charge in [-0.05, 0) is 42.3 Å². The second-order valence-corrected chi connectivity index (χ2v) is 6.77. The topological polar surface area (TPSA) is 88.4 Å². The molecule has 0 atom stereocenters. The lowest BCUT2D eigenvalue weighted by Gasteiger charge is -2.22. The summed E-state index contributed by atoms with van der Waals surface area (Å²) in [5.74, 6) is -0.0722. The van der Waals surface area contributed by atoms with Crippen molar-refractivity contribution in [2.45, 2.75) is 6.42 Å². The highest BCUT2D eigenvalue weighted by Gasteiger charge is 2.27. The number of amides is 2. The van der Waals surface area contributed by atoms with Gasteiger partial charge in [0.25, 0.3) is 0 Å². The molecule has 0 saturated heterocycles. The van der Waals surface area contributed by atoms with Crippen molar-refractivity contribution >= 4 is 46.4 Å². The zero-order valence-electron chi connectivity index (χ0n) is 15.1. The Kier molecular flexibility index (Phi) is 6.64. The lowest BCUT2D eigenvalue weighted by atomic mass is 10.1. The molecule has 2 amide bonds. The fourth-order valence-corrected chi connectivity index (χ4v) is 3.35. The number of urea groups is 1. The van der Waals surface area contributed by atoms with Crippen molar-refractivity contribution in [2.24, 2.45) is 0 Å². The maximum Gasteiger partial charge on any atom is 0.327 e. The summed E-state index contributed by atoms with van der Waals surface area (Å²) in [5, 5.41) is 15.2. The Morgan fingerprint density at radius 2 is 1.72 bits per heavy atom. The smallest absolute Gasteiger partial charge is 0.327 e. The van der Waals surface area contributed by atoms with E-state index in [4.69, 9.17) is 23.2 Å². The zero-order valence-corrected chi connectivity index (χ0v) is 16.6. The van der Waals surface area contributed by atoms with E-state index in [-0.39, 0.29) is 18.1 Å². The van der Waals surface area contributed by atoms with Crippen LogP contribution in [0.15, 0.2) is 66.9 Å². The quantitative estimate of drug-likeness (QED) is 0.419. The van der Waals surface area contributed by atoms with E-state index >= 15 is 0 Å². The fourth-order valence-electron chi connectivity index (χ4n) is 2.76. The second-order valence-electron chi connectivity index (χ2n) is 5.96. The van der Waals surface area contributed by atoms with E-state index in [0.29, 0.717) is 27.7 Å². The molecule has 29 heavy (non-hydrogen) atoms. The summed E-state index contributed by atoms with van der Waals surface area (Å²) in [7, 11) is 0. The monoisotopic (exact) mass is 430 g/mol. The number of hydrogen-bond donors (Lipinski definition) is 1. The van der Waals surface area contributed by atoms with Gasteiger partial charge in [-0.1, -0.05) is 47.5 Å². The van der Waals surface area contributed by atoms with Crippen LogP contribution in [0.25, 0.3) is 0 Å². The number of anilines is 2. The van der Waals surface area contributed by atoms with Crippen molar-refractivity contribution < 1.29 is 9.72 Å². The number of carbonyl (C=O) groups excluding carboxylic acids is 1. The lowest BCUT2D eigenvalue weighted by molar-refractivity contribution is -0.384. The summed E-state index contributed by atoms with van der Waals surface area (Å²) in [4.78, 5) is 29.1. The molecule has 3 aromatic rings. The number of nitrogens with zero attached hydrogens (tertiary/aromatic N) is 3. The van der Waals surface area contributed by atoms with E-state index in [9.17, 15) is 14.9 Å². The van der Waals surface area contributed by atoms with Crippen molar-refractivity contribution in [3.63, 3.8) is 0 Å². The van der Waals surface area contributed by atoms with E-state index < -0.39 is 11.0 Å². The third-order valence-electron chi connectivity index (χ3n) is 4.10. The average molecular weight is 431 g/mol. The van der Waals surface area contributed by atoms with Crippen LogP contribution in [0.4, 0.5) is 22.0 Å². The molecule has 3 rings (SSSR count). The van der Waals surface area contributed by atoms with Crippen molar-refractivity contribution in [2.75, 3.05) is 11.4 Å². The van der Waals surface area contributed by atoms with Crippen LogP contribution in [0.3, 0.4) is 0 Å². The maximum absolute atomic E-state index is 13.0. The van der Waals surface area contributed by atoms with Gasteiger partial charge in [0.15, 0.2) is 0 Å². The van der Waals surface area contributed by atoms with Crippen LogP contribution in [0.2, 0.25) is 10.0 Å². The highest BCUT2D eigenvalue weighted by atomic mass is 35.5. The predicted octanol–water partition coefficient (Wildman–Crippen LogP) is 5.39. The standard InChI is InChI=1S/C20H16Cl2N4O3/c21-16-8-4-9-17(22)15(16)11-13-24-20(27)25(14-6-2-1-3-7-14)19-18(26(28)29)10-5-12-23-19/h1-10,12H,11,13H2,(H,24,27). The van der Waals surface area contributed by atoms with Crippen LogP contribution in [-0.4, -0.2) is 22.5 Å². The number of aromatic nitrogens is 1. The predicted molar refractivity (Wildman–Crippen MR) is 113 cm³/mol. The first-order valence-corrected chi connectivity index (χ1v) is 9.40. The zero-order chi connectivity index (χ0) is 20.8. The first-order chi connectivity index (χ1) is 14.0. The average Bonchev–Trinajstić information content (AvgIpc) is 2.71. The molecule has 0 unspecified atom stereocenters. The Labute approximate surface area is 177 Å². The number of pyridine rings is 1. The minimum Gasteiger partial charge on any atom is -0.337 e. The number of carbonyl (C=O) groups is 1. The summed E-state index contributed by atoms with van der Waals surface area (Å²) >= 11 is 12.3. The Bertz CT molecular complexity index is 1010. The van der Waals surface area contributed by atoms with Gasteiger partial charge in [-0.2, -0.15) is 0 Å². The van der Waals surface area contributed by atoms with Crippen LogP contribution in [0, 0.1) is 10.1 Å². The van der Waals surface area contributed by atoms with Crippen LogP contribution >= 0.6 is 23.2 Å². The SMILES string of the molecule is O=C(NCCc1c(Cl)cccc1Cl)N(c1ccccc1)c1ncccc1[N+](=O)[O-]. The van der Waals surface area contributed by atoms with Gasteiger partial charge in [-0.3, -0.25) is 10.1 Å². The van der Waals surface area contributed by atoms with Crippen molar-refractivity contribution in [1.82, 2.24) is 10.3 Å². The highest BCUT2D eigenvalue weighted by Crippen LogP contribution is 2.31.